The maximum absolute atomic E-state index is 12.5. The average molecular weight is 345 g/mol. The Balaban J connectivity index is 1.33. The fraction of sp³-hybridized carbons (Fsp3) is 0.588. The Morgan fingerprint density at radius 2 is 2.25 bits per heavy atom. The van der Waals surface area contributed by atoms with Gasteiger partial charge in [-0.15, -0.1) is 11.3 Å². The SMILES string of the molecule is Cc1ncc(C(=O)N2CCC3(CC2)C[C@@H]3N(C)Cc2nccs2)[nH]1. The molecule has 0 bridgehead atoms. The lowest BCUT2D eigenvalue weighted by atomic mass is 9.92. The van der Waals surface area contributed by atoms with Crippen LogP contribution in [0.5, 0.6) is 0 Å². The fourth-order valence-electron chi connectivity index (χ4n) is 4.00. The molecule has 1 spiro atoms. The third kappa shape index (κ3) is 2.86. The molecule has 4 rings (SSSR count). The lowest BCUT2D eigenvalue weighted by Crippen LogP contribution is -2.41. The number of aromatic nitrogens is 3. The maximum atomic E-state index is 12.5. The first-order valence-corrected chi connectivity index (χ1v) is 9.35. The first kappa shape index (κ1) is 15.8. The predicted octanol–water partition coefficient (Wildman–Crippen LogP) is 2.30. The molecule has 24 heavy (non-hydrogen) atoms. The molecule has 1 saturated carbocycles. The number of imidazole rings is 1. The van der Waals surface area contributed by atoms with Crippen molar-refractivity contribution in [2.45, 2.75) is 38.8 Å². The Morgan fingerprint density at radius 1 is 1.46 bits per heavy atom. The van der Waals surface area contributed by atoms with Crippen molar-refractivity contribution in [2.24, 2.45) is 5.41 Å². The zero-order valence-electron chi connectivity index (χ0n) is 14.2. The number of rotatable bonds is 4. The first-order valence-electron chi connectivity index (χ1n) is 8.47. The molecule has 6 nitrogen and oxygen atoms in total. The van der Waals surface area contributed by atoms with Gasteiger partial charge in [0.15, 0.2) is 0 Å². The van der Waals surface area contributed by atoms with Gasteiger partial charge in [-0.3, -0.25) is 9.69 Å². The number of carbonyl (C=O) groups is 1. The van der Waals surface area contributed by atoms with Crippen LogP contribution in [0.15, 0.2) is 17.8 Å². The molecule has 0 aromatic carbocycles. The van der Waals surface area contributed by atoms with Crippen LogP contribution in [-0.4, -0.2) is 56.8 Å². The van der Waals surface area contributed by atoms with Gasteiger partial charge in [0.1, 0.15) is 16.5 Å². The van der Waals surface area contributed by atoms with Crippen LogP contribution in [0.1, 0.15) is 40.6 Å². The van der Waals surface area contributed by atoms with Gasteiger partial charge in [0, 0.05) is 30.7 Å². The topological polar surface area (TPSA) is 65.1 Å². The largest absolute Gasteiger partial charge is 0.338 e. The lowest BCUT2D eigenvalue weighted by molar-refractivity contribution is 0.0652. The normalized spacial score (nSPS) is 22.3. The van der Waals surface area contributed by atoms with E-state index in [4.69, 9.17) is 0 Å². The third-order valence-electron chi connectivity index (χ3n) is 5.53. The summed E-state index contributed by atoms with van der Waals surface area (Å²) in [6.45, 7) is 4.49. The molecule has 1 amide bonds. The van der Waals surface area contributed by atoms with Gasteiger partial charge in [-0.25, -0.2) is 9.97 Å². The quantitative estimate of drug-likeness (QED) is 0.923. The molecule has 1 N–H and O–H groups in total. The van der Waals surface area contributed by atoms with E-state index in [2.05, 4.69) is 26.9 Å². The summed E-state index contributed by atoms with van der Waals surface area (Å²) in [5.41, 5.74) is 1.02. The lowest BCUT2D eigenvalue weighted by Gasteiger charge is -2.33. The number of H-pyrrole nitrogens is 1. The van der Waals surface area contributed by atoms with E-state index in [9.17, 15) is 4.79 Å². The maximum Gasteiger partial charge on any atom is 0.271 e. The average Bonchev–Trinajstić information content (AvgIpc) is 2.95. The van der Waals surface area contributed by atoms with E-state index in [1.165, 1.54) is 11.4 Å². The molecule has 0 radical (unpaired) electrons. The molecule has 2 fully saturated rings. The highest BCUT2D eigenvalue weighted by Crippen LogP contribution is 2.56. The molecular formula is C17H23N5OS. The van der Waals surface area contributed by atoms with Crippen molar-refractivity contribution in [3.8, 4) is 0 Å². The number of likely N-dealkylation sites (tertiary alicyclic amines) is 1. The number of hydrogen-bond donors (Lipinski definition) is 1. The molecule has 2 aromatic rings. The van der Waals surface area contributed by atoms with Crippen molar-refractivity contribution in [3.63, 3.8) is 0 Å². The Kier molecular flexibility index (Phi) is 3.92. The van der Waals surface area contributed by atoms with Crippen molar-refractivity contribution in [1.29, 1.82) is 0 Å². The molecule has 0 unspecified atom stereocenters. The molecule has 1 aliphatic heterocycles. The van der Waals surface area contributed by atoms with Gasteiger partial charge in [0.25, 0.3) is 5.91 Å². The Morgan fingerprint density at radius 3 is 2.88 bits per heavy atom. The van der Waals surface area contributed by atoms with Crippen molar-refractivity contribution >= 4 is 17.2 Å². The van der Waals surface area contributed by atoms with E-state index < -0.39 is 0 Å². The van der Waals surface area contributed by atoms with Gasteiger partial charge in [-0.05, 0) is 38.6 Å². The highest BCUT2D eigenvalue weighted by atomic mass is 32.1. The summed E-state index contributed by atoms with van der Waals surface area (Å²) < 4.78 is 0. The van der Waals surface area contributed by atoms with Gasteiger partial charge in [-0.1, -0.05) is 0 Å². The minimum absolute atomic E-state index is 0.0822. The summed E-state index contributed by atoms with van der Waals surface area (Å²) in [7, 11) is 2.20. The molecule has 1 aliphatic carbocycles. The highest BCUT2D eigenvalue weighted by molar-refractivity contribution is 7.09. The number of piperidine rings is 1. The van der Waals surface area contributed by atoms with Crippen LogP contribution in [0.4, 0.5) is 0 Å². The Hall–Kier alpha value is -1.73. The van der Waals surface area contributed by atoms with Gasteiger partial charge < -0.3 is 9.88 Å². The molecule has 1 saturated heterocycles. The highest BCUT2D eigenvalue weighted by Gasteiger charge is 2.56. The molecule has 7 heteroatoms. The third-order valence-corrected chi connectivity index (χ3v) is 6.29. The Bertz CT molecular complexity index is 717. The van der Waals surface area contributed by atoms with Crippen molar-refractivity contribution in [2.75, 3.05) is 20.1 Å². The standard InChI is InChI=1S/C17H23N5OS/c1-12-19-10-13(20-12)16(23)22-6-3-17(4-7-22)9-14(17)21(2)11-15-18-5-8-24-15/h5,8,10,14H,3-4,6-7,9,11H2,1-2H3,(H,19,20)/t14-/m0/s1. The number of thiazole rings is 1. The minimum atomic E-state index is 0.0822. The molecule has 1 atom stereocenters. The molecule has 2 aromatic heterocycles. The summed E-state index contributed by atoms with van der Waals surface area (Å²) >= 11 is 1.72. The van der Waals surface area contributed by atoms with E-state index in [1.807, 2.05) is 23.4 Å². The summed E-state index contributed by atoms with van der Waals surface area (Å²) in [6.07, 6.45) is 6.96. The van der Waals surface area contributed by atoms with Crippen LogP contribution in [-0.2, 0) is 6.54 Å². The molecule has 2 aliphatic rings. The van der Waals surface area contributed by atoms with Crippen LogP contribution in [0.2, 0.25) is 0 Å². The Labute approximate surface area is 145 Å². The number of nitrogens with zero attached hydrogens (tertiary/aromatic N) is 4. The molecule has 3 heterocycles. The van der Waals surface area contributed by atoms with Gasteiger partial charge in [0.05, 0.1) is 12.7 Å². The van der Waals surface area contributed by atoms with E-state index in [0.717, 1.165) is 38.3 Å². The van der Waals surface area contributed by atoms with Gasteiger partial charge >= 0.3 is 0 Å². The second kappa shape index (κ2) is 5.97. The van der Waals surface area contributed by atoms with Gasteiger partial charge in [0.2, 0.25) is 0 Å². The summed E-state index contributed by atoms with van der Waals surface area (Å²) in [5.74, 6) is 0.872. The van der Waals surface area contributed by atoms with E-state index in [0.29, 0.717) is 17.2 Å². The number of carbonyl (C=O) groups excluding carboxylic acids is 1. The van der Waals surface area contributed by atoms with Crippen LogP contribution in [0.25, 0.3) is 0 Å². The second-order valence-corrected chi connectivity index (χ2v) is 8.08. The van der Waals surface area contributed by atoms with Crippen molar-refractivity contribution in [3.05, 3.63) is 34.3 Å². The zero-order valence-corrected chi connectivity index (χ0v) is 15.0. The van der Waals surface area contributed by atoms with E-state index >= 15 is 0 Å². The van der Waals surface area contributed by atoms with Crippen LogP contribution in [0, 0.1) is 12.3 Å². The van der Waals surface area contributed by atoms with Crippen molar-refractivity contribution in [1.82, 2.24) is 24.8 Å². The van der Waals surface area contributed by atoms with Crippen LogP contribution in [0.3, 0.4) is 0 Å². The van der Waals surface area contributed by atoms with Crippen LogP contribution < -0.4 is 0 Å². The smallest absolute Gasteiger partial charge is 0.271 e. The minimum Gasteiger partial charge on any atom is -0.338 e. The van der Waals surface area contributed by atoms with E-state index in [-0.39, 0.29) is 5.91 Å². The van der Waals surface area contributed by atoms with Gasteiger partial charge in [-0.2, -0.15) is 0 Å². The van der Waals surface area contributed by atoms with Crippen molar-refractivity contribution < 1.29 is 4.79 Å². The summed E-state index contributed by atoms with van der Waals surface area (Å²) in [5, 5.41) is 3.22. The number of aryl methyl sites for hydroxylation is 1. The first-order chi connectivity index (χ1) is 11.6. The molecule has 128 valence electrons. The summed E-state index contributed by atoms with van der Waals surface area (Å²) in [6, 6.07) is 0.632. The number of nitrogens with one attached hydrogen (secondary N) is 1. The second-order valence-electron chi connectivity index (χ2n) is 7.10. The zero-order chi connectivity index (χ0) is 16.7. The molecular weight excluding hydrogens is 322 g/mol. The van der Waals surface area contributed by atoms with Crippen LogP contribution >= 0.6 is 11.3 Å². The number of amides is 1. The number of hydrogen-bond acceptors (Lipinski definition) is 5. The number of aromatic amines is 1. The predicted molar refractivity (Wildman–Crippen MR) is 92.9 cm³/mol. The monoisotopic (exact) mass is 345 g/mol. The summed E-state index contributed by atoms with van der Waals surface area (Å²) in [4.78, 5) is 28.5. The fourth-order valence-corrected chi connectivity index (χ4v) is 4.68. The van der Waals surface area contributed by atoms with E-state index in [1.54, 1.807) is 17.5 Å².